The van der Waals surface area contributed by atoms with Gasteiger partial charge in [0.25, 0.3) is 0 Å². The van der Waals surface area contributed by atoms with Gasteiger partial charge in [-0.1, -0.05) is 0 Å². The van der Waals surface area contributed by atoms with Crippen LogP contribution in [0.25, 0.3) is 0 Å². The molecule has 2 heterocycles. The van der Waals surface area contributed by atoms with Gasteiger partial charge in [-0.3, -0.25) is 4.79 Å². The van der Waals surface area contributed by atoms with Crippen LogP contribution in [0.1, 0.15) is 16.9 Å². The highest BCUT2D eigenvalue weighted by Gasteiger charge is 2.24. The van der Waals surface area contributed by atoms with Crippen LogP contribution in [-0.4, -0.2) is 5.91 Å². The number of nitrogens with zero attached hydrogens (tertiary/aromatic N) is 1. The van der Waals surface area contributed by atoms with E-state index in [9.17, 15) is 9.18 Å². The molecule has 3 rings (SSSR count). The molecule has 0 saturated carbocycles. The Kier molecular flexibility index (Phi) is 3.41. The highest BCUT2D eigenvalue weighted by atomic mass is 79.9. The summed E-state index contributed by atoms with van der Waals surface area (Å²) in [5.74, 6) is -0.143. The lowest BCUT2D eigenvalue weighted by molar-refractivity contribution is -0.119. The number of carbonyl (C=O) groups is 1. The molecule has 0 spiro atoms. The van der Waals surface area contributed by atoms with Crippen molar-refractivity contribution in [2.75, 3.05) is 4.90 Å². The maximum atomic E-state index is 13.2. The number of hydrogen-bond acceptors (Lipinski definition) is 2. The molecular formula is C14H11BrFNOS. The lowest BCUT2D eigenvalue weighted by atomic mass is 10.0. The molecule has 2 nitrogen and oxygen atoms in total. The van der Waals surface area contributed by atoms with Crippen molar-refractivity contribution in [2.24, 2.45) is 0 Å². The summed E-state index contributed by atoms with van der Waals surface area (Å²) in [7, 11) is 0. The largest absolute Gasteiger partial charge is 0.307 e. The lowest BCUT2D eigenvalue weighted by Gasteiger charge is -2.29. The summed E-state index contributed by atoms with van der Waals surface area (Å²) in [5.41, 5.74) is 1.75. The van der Waals surface area contributed by atoms with Crippen molar-refractivity contribution in [3.05, 3.63) is 50.4 Å². The summed E-state index contributed by atoms with van der Waals surface area (Å²) >= 11 is 5.03. The van der Waals surface area contributed by atoms with E-state index in [0.29, 0.717) is 19.4 Å². The van der Waals surface area contributed by atoms with Gasteiger partial charge in [-0.05, 0) is 58.2 Å². The number of halogens is 2. The average molecular weight is 340 g/mol. The minimum Gasteiger partial charge on any atom is -0.307 e. The van der Waals surface area contributed by atoms with E-state index in [2.05, 4.69) is 15.9 Å². The molecule has 0 N–H and O–H groups in total. The molecule has 0 aliphatic carbocycles. The summed E-state index contributed by atoms with van der Waals surface area (Å²) in [5, 5.41) is 0. The second-order valence-corrected chi connectivity index (χ2v) is 7.01. The van der Waals surface area contributed by atoms with Crippen molar-refractivity contribution in [3.8, 4) is 0 Å². The zero-order chi connectivity index (χ0) is 13.4. The maximum Gasteiger partial charge on any atom is 0.227 e. The second-order valence-electron chi connectivity index (χ2n) is 4.46. The zero-order valence-corrected chi connectivity index (χ0v) is 12.4. The minimum absolute atomic E-state index is 0.101. The number of fused-ring (bicyclic) bond motifs is 1. The Hall–Kier alpha value is -1.20. The maximum absolute atomic E-state index is 13.2. The first-order valence-corrected chi connectivity index (χ1v) is 7.57. The number of rotatable bonds is 2. The van der Waals surface area contributed by atoms with Crippen LogP contribution in [0.15, 0.2) is 34.1 Å². The summed E-state index contributed by atoms with van der Waals surface area (Å²) < 4.78 is 14.3. The fourth-order valence-corrected chi connectivity index (χ4v) is 3.77. The summed E-state index contributed by atoms with van der Waals surface area (Å²) in [4.78, 5) is 14.9. The van der Waals surface area contributed by atoms with E-state index in [4.69, 9.17) is 0 Å². The number of amides is 1. The van der Waals surface area contributed by atoms with Crippen molar-refractivity contribution >= 4 is 38.9 Å². The molecule has 98 valence electrons. The molecule has 1 amide bonds. The quantitative estimate of drug-likeness (QED) is 0.805. The van der Waals surface area contributed by atoms with Crippen LogP contribution in [-0.2, 0) is 17.8 Å². The lowest BCUT2D eigenvalue weighted by Crippen LogP contribution is -2.34. The predicted molar refractivity (Wildman–Crippen MR) is 77.9 cm³/mol. The van der Waals surface area contributed by atoms with Gasteiger partial charge in [0.05, 0.1) is 10.3 Å². The second kappa shape index (κ2) is 5.06. The van der Waals surface area contributed by atoms with Crippen LogP contribution in [0.5, 0.6) is 0 Å². The van der Waals surface area contributed by atoms with Gasteiger partial charge in [0.2, 0.25) is 5.91 Å². The number of benzene rings is 1. The van der Waals surface area contributed by atoms with E-state index in [1.54, 1.807) is 22.3 Å². The number of thiophene rings is 1. The zero-order valence-electron chi connectivity index (χ0n) is 10.0. The average Bonchev–Trinajstić information content (AvgIpc) is 2.78. The first-order chi connectivity index (χ1) is 9.13. The molecule has 1 aromatic heterocycles. The van der Waals surface area contributed by atoms with Crippen LogP contribution in [0.2, 0.25) is 0 Å². The Morgan fingerprint density at radius 1 is 1.26 bits per heavy atom. The fraction of sp³-hybridized carbons (Fsp3) is 0.214. The molecule has 2 aromatic rings. The molecule has 0 atom stereocenters. The third kappa shape index (κ3) is 2.58. The van der Waals surface area contributed by atoms with Crippen molar-refractivity contribution in [1.82, 2.24) is 0 Å². The van der Waals surface area contributed by atoms with Gasteiger partial charge < -0.3 is 4.90 Å². The highest BCUT2D eigenvalue weighted by Crippen LogP contribution is 2.31. The van der Waals surface area contributed by atoms with Crippen LogP contribution in [0.4, 0.5) is 10.1 Å². The summed E-state index contributed by atoms with van der Waals surface area (Å²) in [6.07, 6.45) is 1.07. The van der Waals surface area contributed by atoms with E-state index in [0.717, 1.165) is 19.9 Å². The first-order valence-electron chi connectivity index (χ1n) is 5.96. The Morgan fingerprint density at radius 2 is 2.11 bits per heavy atom. The van der Waals surface area contributed by atoms with Gasteiger partial charge in [0.1, 0.15) is 5.82 Å². The molecule has 1 aliphatic heterocycles. The molecule has 0 fully saturated rings. The first kappa shape index (κ1) is 12.8. The SMILES string of the molecule is O=C1CCc2cc(F)ccc2N1Cc1ccc(Br)s1. The van der Waals surface area contributed by atoms with Gasteiger partial charge >= 0.3 is 0 Å². The van der Waals surface area contributed by atoms with Crippen molar-refractivity contribution in [2.45, 2.75) is 19.4 Å². The molecule has 1 aliphatic rings. The third-order valence-corrected chi connectivity index (χ3v) is 4.79. The van der Waals surface area contributed by atoms with Crippen LogP contribution in [0.3, 0.4) is 0 Å². The summed E-state index contributed by atoms with van der Waals surface area (Å²) in [6, 6.07) is 8.61. The van der Waals surface area contributed by atoms with E-state index < -0.39 is 0 Å². The van der Waals surface area contributed by atoms with E-state index in [-0.39, 0.29) is 11.7 Å². The van der Waals surface area contributed by atoms with E-state index >= 15 is 0 Å². The van der Waals surface area contributed by atoms with Crippen LogP contribution < -0.4 is 4.90 Å². The van der Waals surface area contributed by atoms with Gasteiger partial charge in [0, 0.05) is 17.0 Å². The molecule has 0 saturated heterocycles. The Labute approximate surface area is 123 Å². The highest BCUT2D eigenvalue weighted by molar-refractivity contribution is 9.11. The normalized spacial score (nSPS) is 14.6. The van der Waals surface area contributed by atoms with Gasteiger partial charge in [-0.25, -0.2) is 4.39 Å². The molecule has 0 radical (unpaired) electrons. The Bertz CT molecular complexity index is 640. The minimum atomic E-state index is -0.244. The number of hydrogen-bond donors (Lipinski definition) is 0. The molecule has 5 heteroatoms. The van der Waals surface area contributed by atoms with Crippen LogP contribution >= 0.6 is 27.3 Å². The monoisotopic (exact) mass is 339 g/mol. The van der Waals surface area contributed by atoms with E-state index in [1.807, 2.05) is 12.1 Å². The topological polar surface area (TPSA) is 20.3 Å². The standard InChI is InChI=1S/C14H11BrFNOS/c15-13-5-3-11(19-13)8-17-12-4-2-10(16)7-9(12)1-6-14(17)18/h2-5,7H,1,6,8H2. The number of aryl methyl sites for hydroxylation is 1. The Morgan fingerprint density at radius 3 is 2.84 bits per heavy atom. The van der Waals surface area contributed by atoms with E-state index in [1.165, 1.54) is 12.1 Å². The number of carbonyl (C=O) groups excluding carboxylic acids is 1. The Balaban J connectivity index is 1.94. The van der Waals surface area contributed by atoms with Gasteiger partial charge in [-0.15, -0.1) is 11.3 Å². The molecular weight excluding hydrogens is 329 g/mol. The van der Waals surface area contributed by atoms with Gasteiger partial charge in [-0.2, -0.15) is 0 Å². The predicted octanol–water partition coefficient (Wildman–Crippen LogP) is 4.13. The van der Waals surface area contributed by atoms with Crippen molar-refractivity contribution < 1.29 is 9.18 Å². The fourth-order valence-electron chi connectivity index (χ4n) is 2.29. The molecule has 0 bridgehead atoms. The molecule has 1 aromatic carbocycles. The third-order valence-electron chi connectivity index (χ3n) is 3.18. The van der Waals surface area contributed by atoms with Crippen LogP contribution in [0, 0.1) is 5.82 Å². The molecule has 19 heavy (non-hydrogen) atoms. The number of anilines is 1. The van der Waals surface area contributed by atoms with Crippen molar-refractivity contribution in [1.29, 1.82) is 0 Å². The summed E-state index contributed by atoms with van der Waals surface area (Å²) in [6.45, 7) is 0.549. The van der Waals surface area contributed by atoms with Crippen molar-refractivity contribution in [3.63, 3.8) is 0 Å². The van der Waals surface area contributed by atoms with Gasteiger partial charge in [0.15, 0.2) is 0 Å². The molecule has 0 unspecified atom stereocenters. The smallest absolute Gasteiger partial charge is 0.227 e.